The quantitative estimate of drug-likeness (QED) is 0.256. The number of benzene rings is 1. The largest absolute Gasteiger partial charge is 0.424 e. The van der Waals surface area contributed by atoms with Crippen molar-refractivity contribution < 1.29 is 9.53 Å². The summed E-state index contributed by atoms with van der Waals surface area (Å²) >= 11 is 11.1. The van der Waals surface area contributed by atoms with Crippen LogP contribution in [0.5, 0.6) is 5.75 Å². The first-order valence-electron chi connectivity index (χ1n) is 6.58. The molecule has 0 radical (unpaired) electrons. The lowest BCUT2D eigenvalue weighted by Gasteiger charge is -2.31. The van der Waals surface area contributed by atoms with Crippen LogP contribution in [0.15, 0.2) is 18.2 Å². The zero-order chi connectivity index (χ0) is 15.7. The molecule has 2 nitrogen and oxygen atoms in total. The van der Waals surface area contributed by atoms with Gasteiger partial charge in [0.25, 0.3) is 0 Å². The van der Waals surface area contributed by atoms with Crippen LogP contribution in [0, 0.1) is 0 Å². The molecule has 0 N–H and O–H groups in total. The van der Waals surface area contributed by atoms with Crippen molar-refractivity contribution in [2.45, 2.75) is 57.2 Å². The Hall–Kier alpha value is -0.000000000000000111. The van der Waals surface area contributed by atoms with E-state index in [1.165, 1.54) is 0 Å². The molecular weight excluding hydrogens is 422 g/mol. The first kappa shape index (κ1) is 21.0. The van der Waals surface area contributed by atoms with Crippen molar-refractivity contribution in [1.29, 1.82) is 0 Å². The lowest BCUT2D eigenvalue weighted by atomic mass is 9.75. The Morgan fingerprint density at radius 3 is 1.95 bits per heavy atom. The van der Waals surface area contributed by atoms with Crippen LogP contribution in [-0.4, -0.2) is 10.8 Å². The Morgan fingerprint density at radius 1 is 1.05 bits per heavy atom. The number of alkyl halides is 2. The SMILES string of the molecule is CC(C)(C)c1cccc(OC(=O)C(Cl)Cl)c1C(C)(C)C.I. The highest BCUT2D eigenvalue weighted by atomic mass is 127. The van der Waals surface area contributed by atoms with Crippen molar-refractivity contribution in [2.24, 2.45) is 0 Å². The summed E-state index contributed by atoms with van der Waals surface area (Å²) in [6.45, 7) is 12.7. The number of carbonyl (C=O) groups excluding carboxylic acids is 1. The van der Waals surface area contributed by atoms with E-state index in [-0.39, 0.29) is 34.8 Å². The van der Waals surface area contributed by atoms with Crippen LogP contribution in [0.4, 0.5) is 0 Å². The summed E-state index contributed by atoms with van der Waals surface area (Å²) in [5, 5.41) is 0. The molecule has 21 heavy (non-hydrogen) atoms. The molecule has 0 saturated heterocycles. The molecule has 0 amide bonds. The topological polar surface area (TPSA) is 26.3 Å². The third-order valence-electron chi connectivity index (χ3n) is 2.97. The smallest absolute Gasteiger partial charge is 0.344 e. The highest BCUT2D eigenvalue weighted by Crippen LogP contribution is 2.39. The third-order valence-corrected chi connectivity index (χ3v) is 3.33. The van der Waals surface area contributed by atoms with Gasteiger partial charge < -0.3 is 4.74 Å². The molecule has 120 valence electrons. The second-order valence-corrected chi connectivity index (χ2v) is 8.00. The fourth-order valence-corrected chi connectivity index (χ4v) is 2.26. The molecule has 0 saturated carbocycles. The van der Waals surface area contributed by atoms with E-state index in [2.05, 4.69) is 47.6 Å². The minimum Gasteiger partial charge on any atom is -0.424 e. The maximum absolute atomic E-state index is 11.7. The average Bonchev–Trinajstić information content (AvgIpc) is 2.25. The van der Waals surface area contributed by atoms with Crippen molar-refractivity contribution >= 4 is 53.1 Å². The summed E-state index contributed by atoms with van der Waals surface area (Å²) in [7, 11) is 0. The number of ether oxygens (including phenoxy) is 1. The number of hydrogen-bond donors (Lipinski definition) is 0. The maximum Gasteiger partial charge on any atom is 0.344 e. The van der Waals surface area contributed by atoms with Gasteiger partial charge in [-0.1, -0.05) is 76.9 Å². The fourth-order valence-electron chi connectivity index (χ4n) is 2.17. The molecule has 0 aliphatic heterocycles. The Balaban J connectivity index is 0.00000400. The molecule has 0 aliphatic rings. The first-order chi connectivity index (χ1) is 8.94. The minimum atomic E-state index is -1.18. The summed E-state index contributed by atoms with van der Waals surface area (Å²) < 4.78 is 5.37. The van der Waals surface area contributed by atoms with Crippen LogP contribution in [-0.2, 0) is 15.6 Å². The van der Waals surface area contributed by atoms with Gasteiger partial charge in [0.15, 0.2) is 0 Å². The fraction of sp³-hybridized carbons (Fsp3) is 0.562. The normalized spacial score (nSPS) is 12.0. The van der Waals surface area contributed by atoms with Gasteiger partial charge in [0.05, 0.1) is 0 Å². The molecule has 0 heterocycles. The maximum atomic E-state index is 11.7. The lowest BCUT2D eigenvalue weighted by Crippen LogP contribution is -2.25. The van der Waals surface area contributed by atoms with Gasteiger partial charge in [0, 0.05) is 5.56 Å². The summed E-state index contributed by atoms with van der Waals surface area (Å²) in [5.41, 5.74) is 1.95. The van der Waals surface area contributed by atoms with Gasteiger partial charge in [-0.05, 0) is 22.5 Å². The second-order valence-electron chi connectivity index (χ2n) is 6.90. The van der Waals surface area contributed by atoms with E-state index in [4.69, 9.17) is 27.9 Å². The van der Waals surface area contributed by atoms with Crippen LogP contribution in [0.1, 0.15) is 52.7 Å². The highest BCUT2D eigenvalue weighted by Gasteiger charge is 2.29. The zero-order valence-corrected chi connectivity index (χ0v) is 17.1. The molecule has 0 aliphatic carbocycles. The van der Waals surface area contributed by atoms with E-state index in [0.29, 0.717) is 5.75 Å². The molecule has 0 unspecified atom stereocenters. The van der Waals surface area contributed by atoms with E-state index in [9.17, 15) is 4.79 Å². The van der Waals surface area contributed by atoms with Gasteiger partial charge >= 0.3 is 5.97 Å². The molecule has 0 bridgehead atoms. The van der Waals surface area contributed by atoms with Crippen molar-refractivity contribution in [3.05, 3.63) is 29.3 Å². The number of rotatable bonds is 2. The average molecular weight is 445 g/mol. The van der Waals surface area contributed by atoms with Crippen LogP contribution in [0.25, 0.3) is 0 Å². The summed E-state index contributed by atoms with van der Waals surface area (Å²) in [5.74, 6) is -0.119. The van der Waals surface area contributed by atoms with Crippen molar-refractivity contribution in [1.82, 2.24) is 0 Å². The molecule has 0 fully saturated rings. The number of hydrogen-bond acceptors (Lipinski definition) is 2. The van der Waals surface area contributed by atoms with E-state index in [0.717, 1.165) is 11.1 Å². The van der Waals surface area contributed by atoms with Gasteiger partial charge in [-0.25, -0.2) is 4.79 Å². The van der Waals surface area contributed by atoms with Crippen LogP contribution >= 0.6 is 47.2 Å². The van der Waals surface area contributed by atoms with Crippen LogP contribution in [0.2, 0.25) is 0 Å². The predicted octanol–water partition coefficient (Wildman–Crippen LogP) is 5.61. The predicted molar refractivity (Wildman–Crippen MR) is 100 cm³/mol. The monoisotopic (exact) mass is 444 g/mol. The van der Waals surface area contributed by atoms with E-state index >= 15 is 0 Å². The van der Waals surface area contributed by atoms with E-state index in [1.807, 2.05) is 6.07 Å². The van der Waals surface area contributed by atoms with Gasteiger partial charge in [0.1, 0.15) is 5.75 Å². The Bertz CT molecular complexity index is 500. The van der Waals surface area contributed by atoms with Gasteiger partial charge in [-0.2, -0.15) is 0 Å². The molecule has 1 aromatic carbocycles. The minimum absolute atomic E-state index is 0. The molecule has 1 aromatic rings. The molecule has 1 rings (SSSR count). The number of carbonyl (C=O) groups is 1. The molecular formula is C16H23Cl2IO2. The summed E-state index contributed by atoms with van der Waals surface area (Å²) in [6, 6.07) is 5.73. The standard InChI is InChI=1S/C16H22Cl2O2.HI/c1-15(2,3)10-8-7-9-11(12(10)16(4,5)6)20-14(19)13(17)18;/h7-9,13H,1-6H3;1H. The number of halogens is 3. The second kappa shape index (κ2) is 7.51. The molecule has 0 spiro atoms. The summed E-state index contributed by atoms with van der Waals surface area (Å²) in [4.78, 5) is 10.5. The number of esters is 1. The highest BCUT2D eigenvalue weighted by molar-refractivity contribution is 14.0. The van der Waals surface area contributed by atoms with Crippen molar-refractivity contribution in [3.8, 4) is 5.75 Å². The molecule has 5 heteroatoms. The first-order valence-corrected chi connectivity index (χ1v) is 7.45. The molecule has 0 atom stereocenters. The Morgan fingerprint density at radius 2 is 1.57 bits per heavy atom. The van der Waals surface area contributed by atoms with Gasteiger partial charge in [-0.3, -0.25) is 0 Å². The zero-order valence-electron chi connectivity index (χ0n) is 13.3. The van der Waals surface area contributed by atoms with Crippen molar-refractivity contribution in [2.75, 3.05) is 0 Å². The van der Waals surface area contributed by atoms with E-state index in [1.54, 1.807) is 6.07 Å². The lowest BCUT2D eigenvalue weighted by molar-refractivity contribution is -0.132. The Kier molecular flexibility index (Phi) is 7.51. The molecule has 0 aromatic heterocycles. The van der Waals surface area contributed by atoms with Gasteiger partial charge in [0.2, 0.25) is 4.84 Å². The Labute approximate surface area is 154 Å². The summed E-state index contributed by atoms with van der Waals surface area (Å²) in [6.07, 6.45) is 0. The van der Waals surface area contributed by atoms with Crippen LogP contribution in [0.3, 0.4) is 0 Å². The van der Waals surface area contributed by atoms with Gasteiger partial charge in [-0.15, -0.1) is 24.0 Å². The van der Waals surface area contributed by atoms with E-state index < -0.39 is 10.8 Å². The third kappa shape index (κ3) is 5.61. The van der Waals surface area contributed by atoms with Crippen LogP contribution < -0.4 is 4.74 Å². The van der Waals surface area contributed by atoms with Crippen molar-refractivity contribution in [3.63, 3.8) is 0 Å².